The molecule has 0 saturated heterocycles. The van der Waals surface area contributed by atoms with Gasteiger partial charge in [-0.25, -0.2) is 0 Å². The molecule has 0 N–H and O–H groups in total. The maximum absolute atomic E-state index is 12.5. The van der Waals surface area contributed by atoms with Crippen LogP contribution in [0.2, 0.25) is 0 Å². The van der Waals surface area contributed by atoms with Crippen LogP contribution in [-0.4, -0.2) is 64.2 Å². The van der Waals surface area contributed by atoms with Crippen molar-refractivity contribution >= 4 is 21.9 Å². The van der Waals surface area contributed by atoms with Crippen LogP contribution >= 0.6 is 0 Å². The maximum Gasteiger partial charge on any atom is 0.193 e. The minimum absolute atomic E-state index is 0.0595. The molecular formula is C45H47NO8. The lowest BCUT2D eigenvalue weighted by molar-refractivity contribution is 0.0487. The predicted octanol–water partition coefficient (Wildman–Crippen LogP) is 8.61. The molecular weight excluding hydrogens is 682 g/mol. The molecule has 1 saturated carbocycles. The molecule has 7 rings (SSSR count). The van der Waals surface area contributed by atoms with Gasteiger partial charge in [0.15, 0.2) is 10.9 Å². The van der Waals surface area contributed by atoms with Crippen LogP contribution in [0.4, 0.5) is 0 Å². The summed E-state index contributed by atoms with van der Waals surface area (Å²) in [6.07, 6.45) is 6.55. The fraction of sp³-hybridized carbons (Fsp3) is 0.333. The van der Waals surface area contributed by atoms with Crippen molar-refractivity contribution in [3.8, 4) is 34.1 Å². The van der Waals surface area contributed by atoms with Crippen molar-refractivity contribution in [2.75, 3.05) is 59.3 Å². The highest BCUT2D eigenvalue weighted by atomic mass is 16.5. The molecule has 1 fully saturated rings. The van der Waals surface area contributed by atoms with Crippen molar-refractivity contribution < 1.29 is 27.8 Å². The summed E-state index contributed by atoms with van der Waals surface area (Å²) in [5, 5.41) is 1.15. The first kappa shape index (κ1) is 37.1. The van der Waals surface area contributed by atoms with Crippen LogP contribution in [0.25, 0.3) is 44.6 Å². The van der Waals surface area contributed by atoms with Crippen LogP contribution in [0.3, 0.4) is 0 Å². The Labute approximate surface area is 315 Å². The van der Waals surface area contributed by atoms with E-state index in [-0.39, 0.29) is 10.9 Å². The summed E-state index contributed by atoms with van der Waals surface area (Å²) in [5.74, 6) is 3.26. The standard InChI is InChI=1S/C45H47NO8/c47-40-30-44(53-42-12-6-4-10-38(40)42)34-14-18-36(19-15-34)51-28-26-49-24-22-46(32-33-8-2-1-3-9-33)23-25-50-27-29-52-37-20-16-35(17-21-37)45-31-41(48)39-11-5-7-13-43(39)54-45/h4-7,10-21,30-31,33H,1-3,8-9,22-29,32H2. The fourth-order valence-corrected chi connectivity index (χ4v) is 6.98. The first-order valence-corrected chi connectivity index (χ1v) is 19.0. The smallest absolute Gasteiger partial charge is 0.193 e. The molecule has 1 aliphatic rings. The first-order chi connectivity index (χ1) is 26.6. The Morgan fingerprint density at radius 2 is 1.00 bits per heavy atom. The van der Waals surface area contributed by atoms with Crippen molar-refractivity contribution in [1.29, 1.82) is 0 Å². The third-order valence-corrected chi connectivity index (χ3v) is 9.88. The lowest BCUT2D eigenvalue weighted by Crippen LogP contribution is -2.36. The lowest BCUT2D eigenvalue weighted by atomic mass is 9.89. The van der Waals surface area contributed by atoms with Crippen LogP contribution in [0.5, 0.6) is 11.5 Å². The Balaban J connectivity index is 0.805. The minimum atomic E-state index is -0.0595. The monoisotopic (exact) mass is 729 g/mol. The van der Waals surface area contributed by atoms with Gasteiger partial charge in [-0.2, -0.15) is 0 Å². The summed E-state index contributed by atoms with van der Waals surface area (Å²) in [6.45, 7) is 5.85. The summed E-state index contributed by atoms with van der Waals surface area (Å²) in [6, 6.07) is 32.7. The van der Waals surface area contributed by atoms with Gasteiger partial charge in [-0.1, -0.05) is 43.5 Å². The third-order valence-electron chi connectivity index (χ3n) is 9.88. The van der Waals surface area contributed by atoms with Gasteiger partial charge >= 0.3 is 0 Å². The van der Waals surface area contributed by atoms with Crippen molar-refractivity contribution in [2.45, 2.75) is 32.1 Å². The van der Waals surface area contributed by atoms with Crippen LogP contribution in [0, 0.1) is 5.92 Å². The van der Waals surface area contributed by atoms with Crippen molar-refractivity contribution in [2.24, 2.45) is 5.92 Å². The Morgan fingerprint density at radius 3 is 1.48 bits per heavy atom. The van der Waals surface area contributed by atoms with Gasteiger partial charge in [0, 0.05) is 42.9 Å². The summed E-state index contributed by atoms with van der Waals surface area (Å²) >= 11 is 0. The number of fused-ring (bicyclic) bond motifs is 2. The molecule has 54 heavy (non-hydrogen) atoms. The highest BCUT2D eigenvalue weighted by Crippen LogP contribution is 2.27. The van der Waals surface area contributed by atoms with E-state index in [9.17, 15) is 9.59 Å². The van der Waals surface area contributed by atoms with Gasteiger partial charge in [0.25, 0.3) is 0 Å². The summed E-state index contributed by atoms with van der Waals surface area (Å²) in [5.41, 5.74) is 2.66. The number of benzene rings is 4. The highest BCUT2D eigenvalue weighted by Gasteiger charge is 2.17. The Bertz CT molecular complexity index is 2050. The van der Waals surface area contributed by atoms with Crippen LogP contribution in [0.1, 0.15) is 32.1 Å². The molecule has 0 bridgehead atoms. The molecule has 9 nitrogen and oxygen atoms in total. The SMILES string of the molecule is O=c1cc(-c2ccc(OCCOCCN(CCOCCOc3ccc(-c4cc(=O)c5ccccc5o4)cc3)CC3CCCCC3)cc2)oc2ccccc12. The summed E-state index contributed by atoms with van der Waals surface area (Å²) in [4.78, 5) is 27.5. The summed E-state index contributed by atoms with van der Waals surface area (Å²) in [7, 11) is 0. The average Bonchev–Trinajstić information content (AvgIpc) is 3.21. The van der Waals surface area contributed by atoms with E-state index in [1.165, 1.54) is 44.2 Å². The Kier molecular flexibility index (Phi) is 12.8. The van der Waals surface area contributed by atoms with E-state index in [0.29, 0.717) is 73.1 Å². The van der Waals surface area contributed by atoms with Crippen LogP contribution in [0.15, 0.2) is 128 Å². The second-order valence-electron chi connectivity index (χ2n) is 13.7. The average molecular weight is 730 g/mol. The number of hydrogen-bond acceptors (Lipinski definition) is 9. The number of nitrogens with zero attached hydrogens (tertiary/aromatic N) is 1. The van der Waals surface area contributed by atoms with Crippen LogP contribution < -0.4 is 20.3 Å². The number of para-hydroxylation sites is 2. The van der Waals surface area contributed by atoms with Crippen molar-refractivity contribution in [3.63, 3.8) is 0 Å². The largest absolute Gasteiger partial charge is 0.491 e. The van der Waals surface area contributed by atoms with Gasteiger partial charge in [0.05, 0.1) is 37.2 Å². The second-order valence-corrected chi connectivity index (χ2v) is 13.7. The van der Waals surface area contributed by atoms with Gasteiger partial charge in [-0.3, -0.25) is 14.5 Å². The molecule has 0 unspecified atom stereocenters. The lowest BCUT2D eigenvalue weighted by Gasteiger charge is -2.29. The van der Waals surface area contributed by atoms with E-state index in [1.807, 2.05) is 72.8 Å². The fourth-order valence-electron chi connectivity index (χ4n) is 6.98. The molecule has 2 heterocycles. The topological polar surface area (TPSA) is 101 Å². The van der Waals surface area contributed by atoms with E-state index < -0.39 is 0 Å². The molecule has 280 valence electrons. The molecule has 0 radical (unpaired) electrons. The van der Waals surface area contributed by atoms with Crippen molar-refractivity contribution in [3.05, 3.63) is 130 Å². The molecule has 0 spiro atoms. The van der Waals surface area contributed by atoms with E-state index in [4.69, 9.17) is 27.8 Å². The molecule has 0 aliphatic heterocycles. The number of hydrogen-bond donors (Lipinski definition) is 0. The first-order valence-electron chi connectivity index (χ1n) is 19.0. The predicted molar refractivity (Wildman–Crippen MR) is 211 cm³/mol. The second kappa shape index (κ2) is 18.7. The van der Waals surface area contributed by atoms with E-state index in [2.05, 4.69) is 4.90 Å². The Hall–Kier alpha value is -5.22. The maximum atomic E-state index is 12.5. The van der Waals surface area contributed by atoms with Gasteiger partial charge < -0.3 is 27.8 Å². The normalized spacial score (nSPS) is 13.5. The minimum Gasteiger partial charge on any atom is -0.491 e. The van der Waals surface area contributed by atoms with Gasteiger partial charge in [-0.15, -0.1) is 0 Å². The van der Waals surface area contributed by atoms with E-state index in [1.54, 1.807) is 24.3 Å². The Morgan fingerprint density at radius 1 is 0.537 bits per heavy atom. The molecule has 0 amide bonds. The number of ether oxygens (including phenoxy) is 4. The van der Waals surface area contributed by atoms with Crippen LogP contribution in [-0.2, 0) is 9.47 Å². The zero-order valence-corrected chi connectivity index (χ0v) is 30.6. The van der Waals surface area contributed by atoms with E-state index in [0.717, 1.165) is 48.2 Å². The van der Waals surface area contributed by atoms with Gasteiger partial charge in [-0.05, 0) is 91.6 Å². The van der Waals surface area contributed by atoms with E-state index >= 15 is 0 Å². The summed E-state index contributed by atoms with van der Waals surface area (Å²) < 4.78 is 35.7. The molecule has 9 heteroatoms. The molecule has 4 aromatic carbocycles. The van der Waals surface area contributed by atoms with Gasteiger partial charge in [0.2, 0.25) is 0 Å². The van der Waals surface area contributed by atoms with Crippen molar-refractivity contribution in [1.82, 2.24) is 4.90 Å². The zero-order chi connectivity index (χ0) is 37.0. The zero-order valence-electron chi connectivity index (χ0n) is 30.6. The number of rotatable bonds is 18. The van der Waals surface area contributed by atoms with Gasteiger partial charge in [0.1, 0.15) is 47.4 Å². The quantitative estimate of drug-likeness (QED) is 0.0806. The molecule has 0 atom stereocenters. The molecule has 1 aliphatic carbocycles. The highest BCUT2D eigenvalue weighted by molar-refractivity contribution is 5.79. The molecule has 2 aromatic heterocycles. The molecule has 6 aromatic rings. The third kappa shape index (κ3) is 10.0.